The van der Waals surface area contributed by atoms with Crippen molar-refractivity contribution >= 4 is 23.4 Å². The molecular formula is C14H22N2OS. The number of benzene rings is 1. The maximum Gasteiger partial charge on any atom is 0.237 e. The third kappa shape index (κ3) is 5.56. The SMILES string of the molecule is Cc1ccc(NC(=O)C(C)SCCCCN)cc1. The molecule has 4 heteroatoms. The third-order valence-electron chi connectivity index (χ3n) is 2.65. The first-order valence-corrected chi connectivity index (χ1v) is 7.37. The van der Waals surface area contributed by atoms with E-state index in [9.17, 15) is 4.79 Å². The molecule has 0 radical (unpaired) electrons. The quantitative estimate of drug-likeness (QED) is 0.746. The van der Waals surface area contributed by atoms with Crippen molar-refractivity contribution in [3.63, 3.8) is 0 Å². The summed E-state index contributed by atoms with van der Waals surface area (Å²) in [4.78, 5) is 11.9. The number of hydrogen-bond acceptors (Lipinski definition) is 3. The number of aryl methyl sites for hydroxylation is 1. The van der Waals surface area contributed by atoms with E-state index < -0.39 is 0 Å². The average molecular weight is 266 g/mol. The minimum absolute atomic E-state index is 0.0240. The lowest BCUT2D eigenvalue weighted by Gasteiger charge is -2.12. The Morgan fingerprint density at radius 3 is 2.61 bits per heavy atom. The van der Waals surface area contributed by atoms with Crippen LogP contribution in [-0.2, 0) is 4.79 Å². The molecule has 0 bridgehead atoms. The highest BCUT2D eigenvalue weighted by Gasteiger charge is 2.12. The van der Waals surface area contributed by atoms with Gasteiger partial charge in [-0.15, -0.1) is 11.8 Å². The van der Waals surface area contributed by atoms with Crippen LogP contribution < -0.4 is 11.1 Å². The molecule has 18 heavy (non-hydrogen) atoms. The molecule has 0 aliphatic rings. The summed E-state index contributed by atoms with van der Waals surface area (Å²) in [6.07, 6.45) is 2.10. The summed E-state index contributed by atoms with van der Waals surface area (Å²) in [7, 11) is 0. The van der Waals surface area contributed by atoms with Crippen LogP contribution in [-0.4, -0.2) is 23.5 Å². The zero-order valence-corrected chi connectivity index (χ0v) is 11.9. The maximum absolute atomic E-state index is 11.9. The van der Waals surface area contributed by atoms with Gasteiger partial charge in [-0.1, -0.05) is 17.7 Å². The molecule has 0 aliphatic heterocycles. The van der Waals surface area contributed by atoms with Gasteiger partial charge in [-0.3, -0.25) is 4.79 Å². The number of amides is 1. The Balaban J connectivity index is 2.33. The number of carbonyl (C=O) groups is 1. The van der Waals surface area contributed by atoms with Crippen molar-refractivity contribution < 1.29 is 4.79 Å². The Morgan fingerprint density at radius 2 is 2.00 bits per heavy atom. The Morgan fingerprint density at radius 1 is 1.33 bits per heavy atom. The van der Waals surface area contributed by atoms with Gasteiger partial charge < -0.3 is 11.1 Å². The first-order chi connectivity index (χ1) is 8.63. The number of anilines is 1. The molecule has 1 aromatic rings. The van der Waals surface area contributed by atoms with Crippen molar-refractivity contribution in [2.24, 2.45) is 5.73 Å². The zero-order chi connectivity index (χ0) is 13.4. The average Bonchev–Trinajstić information content (AvgIpc) is 2.37. The smallest absolute Gasteiger partial charge is 0.237 e. The standard InChI is InChI=1S/C14H22N2OS/c1-11-5-7-13(8-6-11)16-14(17)12(2)18-10-4-3-9-15/h5-8,12H,3-4,9-10,15H2,1-2H3,(H,16,17). The second kappa shape index (κ2) is 8.16. The molecule has 1 amide bonds. The second-order valence-electron chi connectivity index (χ2n) is 4.36. The van der Waals surface area contributed by atoms with Crippen LogP contribution in [0.25, 0.3) is 0 Å². The lowest BCUT2D eigenvalue weighted by Crippen LogP contribution is -2.22. The lowest BCUT2D eigenvalue weighted by molar-refractivity contribution is -0.115. The molecule has 3 N–H and O–H groups in total. The minimum Gasteiger partial charge on any atom is -0.330 e. The molecule has 0 aliphatic carbocycles. The molecule has 0 spiro atoms. The monoisotopic (exact) mass is 266 g/mol. The van der Waals surface area contributed by atoms with Crippen molar-refractivity contribution in [3.8, 4) is 0 Å². The van der Waals surface area contributed by atoms with Crippen LogP contribution >= 0.6 is 11.8 Å². The zero-order valence-electron chi connectivity index (χ0n) is 11.1. The van der Waals surface area contributed by atoms with E-state index in [2.05, 4.69) is 5.32 Å². The fourth-order valence-electron chi connectivity index (χ4n) is 1.46. The Hall–Kier alpha value is -1.00. The van der Waals surface area contributed by atoms with Gasteiger partial charge >= 0.3 is 0 Å². The van der Waals surface area contributed by atoms with E-state index in [1.54, 1.807) is 11.8 Å². The molecule has 0 saturated heterocycles. The van der Waals surface area contributed by atoms with Crippen molar-refractivity contribution in [3.05, 3.63) is 29.8 Å². The molecule has 1 rings (SSSR count). The van der Waals surface area contributed by atoms with Crippen molar-refractivity contribution in [1.82, 2.24) is 0 Å². The van der Waals surface area contributed by atoms with E-state index in [1.807, 2.05) is 38.1 Å². The highest BCUT2D eigenvalue weighted by Crippen LogP contribution is 2.16. The van der Waals surface area contributed by atoms with Gasteiger partial charge in [-0.25, -0.2) is 0 Å². The number of unbranched alkanes of at least 4 members (excludes halogenated alkanes) is 1. The van der Waals surface area contributed by atoms with Gasteiger partial charge in [0.1, 0.15) is 0 Å². The summed E-state index contributed by atoms with van der Waals surface area (Å²) in [5, 5.41) is 2.90. The number of nitrogens with one attached hydrogen (secondary N) is 1. The van der Waals surface area contributed by atoms with Crippen LogP contribution in [0.5, 0.6) is 0 Å². The van der Waals surface area contributed by atoms with Gasteiger partial charge in [0.25, 0.3) is 0 Å². The van der Waals surface area contributed by atoms with Crippen LogP contribution in [0.3, 0.4) is 0 Å². The van der Waals surface area contributed by atoms with Crippen LogP contribution in [0.1, 0.15) is 25.3 Å². The largest absolute Gasteiger partial charge is 0.330 e. The molecule has 100 valence electrons. The predicted octanol–water partition coefficient (Wildman–Crippen LogP) is 2.79. The number of hydrogen-bond donors (Lipinski definition) is 2. The van der Waals surface area contributed by atoms with Crippen LogP contribution in [0.2, 0.25) is 0 Å². The molecule has 0 saturated carbocycles. The number of rotatable bonds is 7. The van der Waals surface area contributed by atoms with Gasteiger partial charge in [0.2, 0.25) is 5.91 Å². The molecule has 0 aromatic heterocycles. The molecule has 0 heterocycles. The molecule has 1 unspecified atom stereocenters. The normalized spacial score (nSPS) is 12.2. The highest BCUT2D eigenvalue weighted by atomic mass is 32.2. The Bertz CT molecular complexity index is 365. The lowest BCUT2D eigenvalue weighted by atomic mass is 10.2. The molecular weight excluding hydrogens is 244 g/mol. The van der Waals surface area contributed by atoms with Crippen LogP contribution in [0, 0.1) is 6.92 Å². The number of nitrogens with two attached hydrogens (primary N) is 1. The first-order valence-electron chi connectivity index (χ1n) is 6.32. The Kier molecular flexibility index (Phi) is 6.83. The van der Waals surface area contributed by atoms with Gasteiger partial charge in [0, 0.05) is 5.69 Å². The minimum atomic E-state index is -0.0240. The van der Waals surface area contributed by atoms with Crippen molar-refractivity contribution in [2.45, 2.75) is 31.9 Å². The number of carbonyl (C=O) groups excluding carboxylic acids is 1. The summed E-state index contributed by atoms with van der Waals surface area (Å²) in [6.45, 7) is 4.70. The summed E-state index contributed by atoms with van der Waals surface area (Å²) < 4.78 is 0. The maximum atomic E-state index is 11.9. The van der Waals surface area contributed by atoms with Gasteiger partial charge in [0.15, 0.2) is 0 Å². The molecule has 1 atom stereocenters. The van der Waals surface area contributed by atoms with E-state index in [4.69, 9.17) is 5.73 Å². The summed E-state index contributed by atoms with van der Waals surface area (Å²) in [6, 6.07) is 7.85. The van der Waals surface area contributed by atoms with E-state index in [0.29, 0.717) is 0 Å². The summed E-state index contributed by atoms with van der Waals surface area (Å²) in [5.74, 6) is 1.05. The third-order valence-corrected chi connectivity index (χ3v) is 3.89. The number of thioether (sulfide) groups is 1. The van der Waals surface area contributed by atoms with E-state index >= 15 is 0 Å². The van der Waals surface area contributed by atoms with Crippen molar-refractivity contribution in [2.75, 3.05) is 17.6 Å². The van der Waals surface area contributed by atoms with Gasteiger partial charge in [0.05, 0.1) is 5.25 Å². The molecule has 1 aromatic carbocycles. The van der Waals surface area contributed by atoms with Crippen LogP contribution in [0.4, 0.5) is 5.69 Å². The molecule has 3 nitrogen and oxygen atoms in total. The van der Waals surface area contributed by atoms with E-state index in [0.717, 1.165) is 30.8 Å². The highest BCUT2D eigenvalue weighted by molar-refractivity contribution is 8.00. The van der Waals surface area contributed by atoms with Gasteiger partial charge in [-0.05, 0) is 51.1 Å². The molecule has 0 fully saturated rings. The predicted molar refractivity (Wildman–Crippen MR) is 80.0 cm³/mol. The fraction of sp³-hybridized carbons (Fsp3) is 0.500. The van der Waals surface area contributed by atoms with Crippen LogP contribution in [0.15, 0.2) is 24.3 Å². The topological polar surface area (TPSA) is 55.1 Å². The fourth-order valence-corrected chi connectivity index (χ4v) is 2.40. The summed E-state index contributed by atoms with van der Waals surface area (Å²) in [5.41, 5.74) is 7.48. The van der Waals surface area contributed by atoms with Gasteiger partial charge in [-0.2, -0.15) is 0 Å². The Labute approximate surface area is 114 Å². The first kappa shape index (κ1) is 15.1. The van der Waals surface area contributed by atoms with Crippen molar-refractivity contribution in [1.29, 1.82) is 0 Å². The van der Waals surface area contributed by atoms with E-state index in [1.165, 1.54) is 5.56 Å². The second-order valence-corrected chi connectivity index (χ2v) is 5.81. The van der Waals surface area contributed by atoms with E-state index in [-0.39, 0.29) is 11.2 Å². The summed E-state index contributed by atoms with van der Waals surface area (Å²) >= 11 is 1.68.